The van der Waals surface area contributed by atoms with Crippen molar-refractivity contribution in [2.75, 3.05) is 5.73 Å². The predicted molar refractivity (Wildman–Crippen MR) is 84.1 cm³/mol. The molecule has 0 amide bonds. The van der Waals surface area contributed by atoms with Gasteiger partial charge in [0.15, 0.2) is 6.29 Å². The number of carbonyl (C=O) groups is 1. The lowest BCUT2D eigenvalue weighted by Crippen LogP contribution is -1.93. The van der Waals surface area contributed by atoms with E-state index in [1.54, 1.807) is 6.07 Å². The van der Waals surface area contributed by atoms with Gasteiger partial charge in [-0.3, -0.25) is 4.79 Å². The minimum Gasteiger partial charge on any atom is -0.398 e. The van der Waals surface area contributed by atoms with Gasteiger partial charge in [-0.25, -0.2) is 0 Å². The van der Waals surface area contributed by atoms with E-state index in [0.717, 1.165) is 21.5 Å². The number of halogens is 1. The molecular formula is C15H20BrNO. The van der Waals surface area contributed by atoms with Crippen LogP contribution in [0, 0.1) is 0 Å². The fourth-order valence-electron chi connectivity index (χ4n) is 1.47. The van der Waals surface area contributed by atoms with E-state index in [1.807, 2.05) is 52.0 Å². The van der Waals surface area contributed by atoms with Gasteiger partial charge in [-0.15, -0.1) is 0 Å². The summed E-state index contributed by atoms with van der Waals surface area (Å²) in [5.74, 6) is 0. The summed E-state index contributed by atoms with van der Waals surface area (Å²) in [5, 5.41) is 1.90. The van der Waals surface area contributed by atoms with Crippen molar-refractivity contribution >= 4 is 38.7 Å². The van der Waals surface area contributed by atoms with E-state index < -0.39 is 0 Å². The van der Waals surface area contributed by atoms with Gasteiger partial charge in [-0.1, -0.05) is 55.8 Å². The van der Waals surface area contributed by atoms with E-state index in [0.29, 0.717) is 11.3 Å². The SMILES string of the molecule is CC.CC.Nc1ccc2cc(Br)ccc2c1C=O. The van der Waals surface area contributed by atoms with E-state index in [9.17, 15) is 4.79 Å². The second kappa shape index (κ2) is 8.70. The highest BCUT2D eigenvalue weighted by atomic mass is 79.9. The number of fused-ring (bicyclic) bond motifs is 1. The topological polar surface area (TPSA) is 43.1 Å². The van der Waals surface area contributed by atoms with Gasteiger partial charge in [0.25, 0.3) is 0 Å². The molecule has 0 unspecified atom stereocenters. The Hall–Kier alpha value is -1.35. The molecule has 0 aromatic heterocycles. The molecule has 0 aliphatic heterocycles. The molecule has 2 N–H and O–H groups in total. The minimum atomic E-state index is 0.523. The molecule has 0 fully saturated rings. The Morgan fingerprint density at radius 1 is 1.06 bits per heavy atom. The maximum atomic E-state index is 10.8. The second-order valence-corrected chi connectivity index (χ2v) is 3.97. The van der Waals surface area contributed by atoms with Crippen LogP contribution < -0.4 is 5.73 Å². The Labute approximate surface area is 117 Å². The van der Waals surface area contributed by atoms with Crippen molar-refractivity contribution in [2.24, 2.45) is 0 Å². The molecule has 2 aromatic rings. The fraction of sp³-hybridized carbons (Fsp3) is 0.267. The minimum absolute atomic E-state index is 0.523. The molecule has 98 valence electrons. The molecule has 2 rings (SSSR count). The molecule has 0 saturated heterocycles. The Kier molecular flexibility index (Phi) is 8.05. The highest BCUT2D eigenvalue weighted by Gasteiger charge is 2.03. The van der Waals surface area contributed by atoms with Crippen LogP contribution in [0.1, 0.15) is 38.1 Å². The normalized spacial score (nSPS) is 8.72. The molecular weight excluding hydrogens is 290 g/mol. The van der Waals surface area contributed by atoms with Crippen LogP contribution in [-0.4, -0.2) is 6.29 Å². The summed E-state index contributed by atoms with van der Waals surface area (Å²) < 4.78 is 0.992. The fourth-order valence-corrected chi connectivity index (χ4v) is 1.85. The predicted octanol–water partition coefficient (Wildman–Crippen LogP) is 5.05. The van der Waals surface area contributed by atoms with Crippen LogP contribution in [0.25, 0.3) is 10.8 Å². The van der Waals surface area contributed by atoms with Gasteiger partial charge in [0.2, 0.25) is 0 Å². The van der Waals surface area contributed by atoms with E-state index in [2.05, 4.69) is 15.9 Å². The molecule has 0 bridgehead atoms. The zero-order chi connectivity index (χ0) is 14.1. The maximum absolute atomic E-state index is 10.8. The van der Waals surface area contributed by atoms with Gasteiger partial charge in [0.05, 0.1) is 0 Å². The molecule has 2 aromatic carbocycles. The van der Waals surface area contributed by atoms with Gasteiger partial charge in [0.1, 0.15) is 0 Å². The van der Waals surface area contributed by atoms with Gasteiger partial charge in [0, 0.05) is 15.7 Å². The van der Waals surface area contributed by atoms with Crippen molar-refractivity contribution in [2.45, 2.75) is 27.7 Å². The maximum Gasteiger partial charge on any atom is 0.152 e. The first kappa shape index (κ1) is 16.6. The van der Waals surface area contributed by atoms with Crippen molar-refractivity contribution in [1.82, 2.24) is 0 Å². The summed E-state index contributed by atoms with van der Waals surface area (Å²) >= 11 is 3.38. The average Bonchev–Trinajstić information content (AvgIpc) is 2.43. The average molecular weight is 310 g/mol. The Balaban J connectivity index is 0.000000659. The van der Waals surface area contributed by atoms with Crippen LogP contribution in [0.15, 0.2) is 34.8 Å². The van der Waals surface area contributed by atoms with Gasteiger partial charge in [-0.2, -0.15) is 0 Å². The van der Waals surface area contributed by atoms with Crippen molar-refractivity contribution in [3.05, 3.63) is 40.4 Å². The van der Waals surface area contributed by atoms with E-state index in [1.165, 1.54) is 0 Å². The summed E-state index contributed by atoms with van der Waals surface area (Å²) in [6, 6.07) is 9.40. The standard InChI is InChI=1S/C11H8BrNO.2C2H6/c12-8-2-3-9-7(5-8)1-4-11(13)10(9)6-14;2*1-2/h1-6H,13H2;2*1-2H3. The molecule has 2 nitrogen and oxygen atoms in total. The van der Waals surface area contributed by atoms with E-state index in [-0.39, 0.29) is 0 Å². The van der Waals surface area contributed by atoms with Crippen LogP contribution >= 0.6 is 15.9 Å². The summed E-state index contributed by atoms with van der Waals surface area (Å²) in [7, 11) is 0. The van der Waals surface area contributed by atoms with Crippen molar-refractivity contribution in [3.63, 3.8) is 0 Å². The summed E-state index contributed by atoms with van der Waals surface area (Å²) in [6.45, 7) is 8.00. The molecule has 0 aliphatic carbocycles. The number of nitrogen functional groups attached to an aromatic ring is 1. The molecule has 0 saturated carbocycles. The molecule has 18 heavy (non-hydrogen) atoms. The quantitative estimate of drug-likeness (QED) is 0.591. The van der Waals surface area contributed by atoms with Crippen LogP contribution in [0.5, 0.6) is 0 Å². The monoisotopic (exact) mass is 309 g/mol. The largest absolute Gasteiger partial charge is 0.398 e. The third kappa shape index (κ3) is 3.84. The lowest BCUT2D eigenvalue weighted by atomic mass is 10.0. The first-order valence-electron chi connectivity index (χ1n) is 6.15. The first-order valence-corrected chi connectivity index (χ1v) is 6.94. The number of hydrogen-bond donors (Lipinski definition) is 1. The first-order chi connectivity index (χ1) is 8.72. The molecule has 3 heteroatoms. The lowest BCUT2D eigenvalue weighted by Gasteiger charge is -2.04. The highest BCUT2D eigenvalue weighted by molar-refractivity contribution is 9.10. The molecule has 0 spiro atoms. The second-order valence-electron chi connectivity index (χ2n) is 3.05. The Morgan fingerprint density at radius 3 is 2.22 bits per heavy atom. The van der Waals surface area contributed by atoms with Crippen molar-refractivity contribution in [3.8, 4) is 0 Å². The number of anilines is 1. The molecule has 0 heterocycles. The van der Waals surface area contributed by atoms with Gasteiger partial charge in [-0.05, 0) is 29.0 Å². The number of benzene rings is 2. The van der Waals surface area contributed by atoms with Gasteiger partial charge >= 0.3 is 0 Å². The third-order valence-electron chi connectivity index (χ3n) is 2.18. The van der Waals surface area contributed by atoms with Crippen LogP contribution in [0.4, 0.5) is 5.69 Å². The molecule has 0 atom stereocenters. The molecule has 0 aliphatic rings. The van der Waals surface area contributed by atoms with Crippen LogP contribution in [-0.2, 0) is 0 Å². The van der Waals surface area contributed by atoms with Crippen LogP contribution in [0.2, 0.25) is 0 Å². The number of carbonyl (C=O) groups excluding carboxylic acids is 1. The third-order valence-corrected chi connectivity index (χ3v) is 2.67. The Bertz CT molecular complexity index is 509. The number of rotatable bonds is 1. The van der Waals surface area contributed by atoms with Crippen molar-refractivity contribution < 1.29 is 4.79 Å². The smallest absolute Gasteiger partial charge is 0.152 e. The summed E-state index contributed by atoms with van der Waals surface area (Å²) in [5.41, 5.74) is 6.78. The van der Waals surface area contributed by atoms with Crippen LogP contribution in [0.3, 0.4) is 0 Å². The zero-order valence-electron chi connectivity index (χ0n) is 11.3. The summed E-state index contributed by atoms with van der Waals surface area (Å²) in [6.07, 6.45) is 0.797. The van der Waals surface area contributed by atoms with Crippen molar-refractivity contribution in [1.29, 1.82) is 0 Å². The zero-order valence-corrected chi connectivity index (χ0v) is 12.9. The number of nitrogens with two attached hydrogens (primary N) is 1. The highest BCUT2D eigenvalue weighted by Crippen LogP contribution is 2.25. The lowest BCUT2D eigenvalue weighted by molar-refractivity contribution is 0.112. The van der Waals surface area contributed by atoms with E-state index in [4.69, 9.17) is 5.73 Å². The number of aldehydes is 1. The molecule has 0 radical (unpaired) electrons. The number of hydrogen-bond acceptors (Lipinski definition) is 2. The van der Waals surface area contributed by atoms with E-state index >= 15 is 0 Å². The summed E-state index contributed by atoms with van der Waals surface area (Å²) in [4.78, 5) is 10.8. The van der Waals surface area contributed by atoms with Gasteiger partial charge < -0.3 is 5.73 Å². The Morgan fingerprint density at radius 2 is 1.67 bits per heavy atom.